The predicted molar refractivity (Wildman–Crippen MR) is 52.1 cm³/mol. The topological polar surface area (TPSA) is 110 Å². The fraction of sp³-hybridized carbons (Fsp3) is 0.250. The van der Waals surface area contributed by atoms with Crippen LogP contribution < -0.4 is 16.6 Å². The summed E-state index contributed by atoms with van der Waals surface area (Å²) in [5.74, 6) is -2.03. The molecule has 1 rings (SSSR count). The van der Waals surface area contributed by atoms with Gasteiger partial charge in [-0.2, -0.15) is 4.39 Å². The number of carbonyl (C=O) groups is 2. The quantitative estimate of drug-likeness (QED) is 0.610. The van der Waals surface area contributed by atoms with E-state index >= 15 is 0 Å². The van der Waals surface area contributed by atoms with Gasteiger partial charge in [0.2, 0.25) is 5.82 Å². The van der Waals surface area contributed by atoms with Gasteiger partial charge in [0.15, 0.2) is 0 Å². The van der Waals surface area contributed by atoms with Crippen LogP contribution in [0.2, 0.25) is 0 Å². The van der Waals surface area contributed by atoms with E-state index in [1.807, 2.05) is 5.32 Å². The monoisotopic (exact) mass is 245 g/mol. The number of esters is 1. The first-order chi connectivity index (χ1) is 7.95. The van der Waals surface area contributed by atoms with E-state index < -0.39 is 35.6 Å². The number of rotatable bonds is 2. The van der Waals surface area contributed by atoms with E-state index in [9.17, 15) is 23.6 Å². The lowest BCUT2D eigenvalue weighted by molar-refractivity contribution is -0.139. The molecule has 0 bridgehead atoms. The normalized spacial score (nSPS) is 9.76. The summed E-state index contributed by atoms with van der Waals surface area (Å²) in [5, 5.41) is 2.00. The fourth-order valence-corrected chi connectivity index (χ4v) is 0.904. The highest BCUT2D eigenvalue weighted by molar-refractivity contribution is 5.81. The average molecular weight is 245 g/mol. The Morgan fingerprint density at radius 3 is 2.76 bits per heavy atom. The molecular formula is C8H8FN3O5. The number of carbonyl (C=O) groups excluding carboxylic acids is 2. The Morgan fingerprint density at radius 2 is 2.18 bits per heavy atom. The zero-order chi connectivity index (χ0) is 13.0. The van der Waals surface area contributed by atoms with Crippen LogP contribution in [-0.4, -0.2) is 35.2 Å². The summed E-state index contributed by atoms with van der Waals surface area (Å²) in [6.45, 7) is -0.484. The van der Waals surface area contributed by atoms with Crippen LogP contribution in [0.25, 0.3) is 0 Å². The molecule has 2 N–H and O–H groups in total. The van der Waals surface area contributed by atoms with Crippen molar-refractivity contribution in [2.24, 2.45) is 0 Å². The van der Waals surface area contributed by atoms with Crippen molar-refractivity contribution in [1.29, 1.82) is 0 Å². The zero-order valence-electron chi connectivity index (χ0n) is 8.65. The van der Waals surface area contributed by atoms with Crippen molar-refractivity contribution >= 4 is 12.0 Å². The van der Waals surface area contributed by atoms with Crippen molar-refractivity contribution in [2.45, 2.75) is 0 Å². The Bertz CT molecular complexity index is 561. The number of halogens is 1. The van der Waals surface area contributed by atoms with Gasteiger partial charge in [0.25, 0.3) is 5.56 Å². The van der Waals surface area contributed by atoms with Gasteiger partial charge in [0.05, 0.1) is 13.3 Å². The van der Waals surface area contributed by atoms with Gasteiger partial charge in [-0.15, -0.1) is 0 Å². The van der Waals surface area contributed by atoms with Gasteiger partial charge in [0.1, 0.15) is 6.54 Å². The Kier molecular flexibility index (Phi) is 3.75. The molecule has 0 saturated heterocycles. The maximum atomic E-state index is 12.8. The molecule has 9 heteroatoms. The highest BCUT2D eigenvalue weighted by Gasteiger charge is 2.11. The van der Waals surface area contributed by atoms with Crippen LogP contribution in [-0.2, 0) is 9.53 Å². The van der Waals surface area contributed by atoms with Gasteiger partial charge in [-0.3, -0.25) is 14.6 Å². The van der Waals surface area contributed by atoms with E-state index in [4.69, 9.17) is 0 Å². The summed E-state index contributed by atoms with van der Waals surface area (Å²) in [7, 11) is 1.11. The molecule has 8 nitrogen and oxygen atoms in total. The Labute approximate surface area is 93.0 Å². The first kappa shape index (κ1) is 12.6. The summed E-state index contributed by atoms with van der Waals surface area (Å²) in [5.41, 5.74) is -2.34. The second kappa shape index (κ2) is 5.05. The van der Waals surface area contributed by atoms with Crippen molar-refractivity contribution < 1.29 is 18.7 Å². The summed E-state index contributed by atoms with van der Waals surface area (Å²) < 4.78 is 17.3. The van der Waals surface area contributed by atoms with Crippen molar-refractivity contribution in [3.05, 3.63) is 32.9 Å². The molecule has 0 radical (unpaired) electrons. The number of aromatic nitrogens is 2. The van der Waals surface area contributed by atoms with E-state index in [-0.39, 0.29) is 0 Å². The lowest BCUT2D eigenvalue weighted by atomic mass is 10.6. The van der Waals surface area contributed by atoms with E-state index in [0.717, 1.165) is 7.11 Å². The molecule has 0 saturated carbocycles. The van der Waals surface area contributed by atoms with Gasteiger partial charge in [-0.25, -0.2) is 14.2 Å². The second-order valence-corrected chi connectivity index (χ2v) is 2.84. The number of aromatic amines is 1. The lowest BCUT2D eigenvalue weighted by Gasteiger charge is -2.05. The zero-order valence-corrected chi connectivity index (χ0v) is 8.65. The van der Waals surface area contributed by atoms with Crippen LogP contribution in [0.1, 0.15) is 0 Å². The fourth-order valence-electron chi connectivity index (χ4n) is 0.904. The Balaban J connectivity index is 2.90. The van der Waals surface area contributed by atoms with Crippen LogP contribution in [0.15, 0.2) is 15.8 Å². The molecule has 1 amide bonds. The highest BCUT2D eigenvalue weighted by Crippen LogP contribution is 1.84. The minimum Gasteiger partial charge on any atom is -0.468 e. The molecule has 92 valence electrons. The number of ether oxygens (including phenoxy) is 1. The van der Waals surface area contributed by atoms with Crippen LogP contribution in [0.3, 0.4) is 0 Å². The third kappa shape index (κ3) is 3.00. The molecule has 1 aromatic heterocycles. The lowest BCUT2D eigenvalue weighted by Crippen LogP contribution is -2.42. The van der Waals surface area contributed by atoms with Crippen molar-refractivity contribution in [3.8, 4) is 0 Å². The first-order valence-electron chi connectivity index (χ1n) is 4.32. The van der Waals surface area contributed by atoms with Crippen LogP contribution in [0.4, 0.5) is 9.18 Å². The maximum absolute atomic E-state index is 12.8. The minimum absolute atomic E-state index is 0.291. The number of hydrogen-bond donors (Lipinski definition) is 2. The maximum Gasteiger partial charge on any atom is 0.336 e. The second-order valence-electron chi connectivity index (χ2n) is 2.84. The summed E-state index contributed by atoms with van der Waals surface area (Å²) in [6.07, 6.45) is 0.424. The molecule has 0 aromatic carbocycles. The Morgan fingerprint density at radius 1 is 1.53 bits per heavy atom. The molecular weight excluding hydrogens is 237 g/mol. The number of nitrogens with zero attached hydrogens (tertiary/aromatic N) is 1. The average Bonchev–Trinajstić information content (AvgIpc) is 2.30. The predicted octanol–water partition coefficient (Wildman–Crippen LogP) is -1.59. The summed E-state index contributed by atoms with van der Waals surface area (Å²) >= 11 is 0. The molecule has 0 spiro atoms. The summed E-state index contributed by atoms with van der Waals surface area (Å²) in [4.78, 5) is 45.4. The molecule has 0 aliphatic rings. The van der Waals surface area contributed by atoms with E-state index in [1.54, 1.807) is 4.98 Å². The Hall–Kier alpha value is -2.45. The third-order valence-corrected chi connectivity index (χ3v) is 1.73. The molecule has 0 aliphatic heterocycles. The van der Waals surface area contributed by atoms with E-state index in [2.05, 4.69) is 4.74 Å². The smallest absolute Gasteiger partial charge is 0.336 e. The van der Waals surface area contributed by atoms with Gasteiger partial charge in [-0.1, -0.05) is 0 Å². The number of nitrogens with one attached hydrogen (secondary N) is 2. The highest BCUT2D eigenvalue weighted by atomic mass is 19.1. The SMILES string of the molecule is COC(=O)CNC(=O)n1cc(F)c(=O)[nH]c1=O. The molecule has 0 unspecified atom stereocenters. The van der Waals surface area contributed by atoms with Crippen LogP contribution in [0.5, 0.6) is 0 Å². The van der Waals surface area contributed by atoms with Gasteiger partial charge in [-0.05, 0) is 0 Å². The number of amides is 1. The summed E-state index contributed by atoms with van der Waals surface area (Å²) in [6, 6.07) is -1.06. The molecule has 1 aromatic rings. The first-order valence-corrected chi connectivity index (χ1v) is 4.32. The number of hydrogen-bond acceptors (Lipinski definition) is 5. The van der Waals surface area contributed by atoms with E-state index in [0.29, 0.717) is 10.8 Å². The third-order valence-electron chi connectivity index (χ3n) is 1.73. The molecule has 0 atom stereocenters. The van der Waals surface area contributed by atoms with Crippen LogP contribution in [0, 0.1) is 5.82 Å². The van der Waals surface area contributed by atoms with E-state index in [1.165, 1.54) is 0 Å². The molecule has 1 heterocycles. The number of methoxy groups -OCH3 is 1. The van der Waals surface area contributed by atoms with Crippen molar-refractivity contribution in [2.75, 3.05) is 13.7 Å². The van der Waals surface area contributed by atoms with Gasteiger partial charge < -0.3 is 10.1 Å². The standard InChI is InChI=1S/C8H8FN3O5/c1-17-5(13)2-10-7(15)12-3-4(9)6(14)11-8(12)16/h3H,2H2,1H3,(H,10,15)(H,11,14,16). The van der Waals surface area contributed by atoms with Crippen molar-refractivity contribution in [3.63, 3.8) is 0 Å². The van der Waals surface area contributed by atoms with Gasteiger partial charge >= 0.3 is 17.7 Å². The van der Waals surface area contributed by atoms with Crippen LogP contribution >= 0.6 is 0 Å². The molecule has 0 fully saturated rings. The largest absolute Gasteiger partial charge is 0.468 e. The number of H-pyrrole nitrogens is 1. The molecule has 17 heavy (non-hydrogen) atoms. The minimum atomic E-state index is -1.29. The van der Waals surface area contributed by atoms with Gasteiger partial charge in [0, 0.05) is 0 Å². The van der Waals surface area contributed by atoms with Crippen molar-refractivity contribution in [1.82, 2.24) is 14.9 Å². The molecule has 0 aliphatic carbocycles.